The molecule has 0 aliphatic heterocycles. The Kier molecular flexibility index (Phi) is 2.56. The highest BCUT2D eigenvalue weighted by Gasteiger charge is 2.48. The Balaban J connectivity index is 1.82. The lowest BCUT2D eigenvalue weighted by Gasteiger charge is -2.41. The van der Waals surface area contributed by atoms with E-state index in [0.717, 1.165) is 32.1 Å². The number of allylic oxidation sites excluding steroid dienone is 2. The van der Waals surface area contributed by atoms with Gasteiger partial charge in [0, 0.05) is 0 Å². The van der Waals surface area contributed by atoms with Crippen LogP contribution in [0.25, 0.3) is 5.57 Å². The molecule has 3 aliphatic carbocycles. The Morgan fingerprint density at radius 1 is 1.20 bits per heavy atom. The van der Waals surface area contributed by atoms with E-state index in [0.29, 0.717) is 17.1 Å². The quantitative estimate of drug-likeness (QED) is 0.755. The van der Waals surface area contributed by atoms with Crippen LogP contribution in [0.4, 0.5) is 0 Å². The molecule has 0 spiro atoms. The molecule has 20 heavy (non-hydrogen) atoms. The summed E-state index contributed by atoms with van der Waals surface area (Å²) in [5.41, 5.74) is 6.09. The van der Waals surface area contributed by atoms with Gasteiger partial charge in [0.2, 0.25) is 0 Å². The minimum Gasteiger partial charge on any atom is -0.508 e. The monoisotopic (exact) mass is 270 g/mol. The molecule has 2 heteroatoms. The first-order chi connectivity index (χ1) is 9.57. The van der Waals surface area contributed by atoms with Crippen LogP contribution in [0, 0.1) is 11.3 Å². The summed E-state index contributed by atoms with van der Waals surface area (Å²) in [5.74, 6) is 0.952. The molecule has 1 saturated carbocycles. The fourth-order valence-electron chi connectivity index (χ4n) is 4.92. The molecule has 4 rings (SSSR count). The normalized spacial score (nSPS) is 35.5. The smallest absolute Gasteiger partial charge is 0.115 e. The van der Waals surface area contributed by atoms with E-state index < -0.39 is 0 Å². The fourth-order valence-corrected chi connectivity index (χ4v) is 4.92. The maximum absolute atomic E-state index is 10.1. The molecule has 0 radical (unpaired) electrons. The highest BCUT2D eigenvalue weighted by molar-refractivity contribution is 5.75. The highest BCUT2D eigenvalue weighted by atomic mass is 16.3. The lowest BCUT2D eigenvalue weighted by Crippen LogP contribution is -2.29. The zero-order chi connectivity index (χ0) is 13.9. The Labute approximate surface area is 120 Å². The van der Waals surface area contributed by atoms with Crippen molar-refractivity contribution >= 4 is 5.57 Å². The molecule has 0 unspecified atom stereocenters. The van der Waals surface area contributed by atoms with Crippen molar-refractivity contribution in [1.82, 2.24) is 0 Å². The topological polar surface area (TPSA) is 40.5 Å². The van der Waals surface area contributed by atoms with E-state index in [2.05, 4.69) is 13.0 Å². The summed E-state index contributed by atoms with van der Waals surface area (Å²) < 4.78 is 0. The molecule has 1 aromatic carbocycles. The van der Waals surface area contributed by atoms with Crippen LogP contribution in [0.5, 0.6) is 5.75 Å². The molecule has 2 N–H and O–H groups in total. The Bertz CT molecular complexity index is 601. The third kappa shape index (κ3) is 1.67. The average Bonchev–Trinajstić information content (AvgIpc) is 2.72. The third-order valence-electron chi connectivity index (χ3n) is 5.88. The molecule has 0 heterocycles. The van der Waals surface area contributed by atoms with E-state index >= 15 is 0 Å². The second kappa shape index (κ2) is 4.11. The number of benzene rings is 1. The molecule has 2 nitrogen and oxygen atoms in total. The number of aliphatic hydroxyl groups excluding tert-OH is 1. The Hall–Kier alpha value is -1.28. The number of rotatable bonds is 0. The van der Waals surface area contributed by atoms with Crippen molar-refractivity contribution in [3.63, 3.8) is 0 Å². The van der Waals surface area contributed by atoms with E-state index in [1.807, 2.05) is 12.1 Å². The van der Waals surface area contributed by atoms with Crippen LogP contribution in [-0.4, -0.2) is 16.3 Å². The fraction of sp³-hybridized carbons (Fsp3) is 0.556. The molecule has 0 bridgehead atoms. The van der Waals surface area contributed by atoms with Crippen LogP contribution in [0.15, 0.2) is 23.8 Å². The van der Waals surface area contributed by atoms with Gasteiger partial charge in [0.15, 0.2) is 0 Å². The molecule has 3 atom stereocenters. The van der Waals surface area contributed by atoms with Crippen LogP contribution in [0.1, 0.15) is 50.2 Å². The van der Waals surface area contributed by atoms with Gasteiger partial charge in [-0.1, -0.05) is 18.6 Å². The standard InChI is InChI=1S/C18H22O2/c1-18-7-6-15-14-5-3-12(19)8-11(14)2-4-16(15)17(18)9-13(20)10-18/h3,5,8,13,17,19-20H,2,4,6-7,9-10H2,1H3/t13-,17-,18+/m0/s1. The van der Waals surface area contributed by atoms with E-state index in [1.54, 1.807) is 5.57 Å². The first-order valence-corrected chi connectivity index (χ1v) is 7.79. The van der Waals surface area contributed by atoms with Crippen molar-refractivity contribution in [1.29, 1.82) is 0 Å². The van der Waals surface area contributed by atoms with E-state index in [9.17, 15) is 10.2 Å². The number of hydrogen-bond donors (Lipinski definition) is 2. The van der Waals surface area contributed by atoms with Crippen LogP contribution >= 0.6 is 0 Å². The largest absolute Gasteiger partial charge is 0.508 e. The summed E-state index contributed by atoms with van der Waals surface area (Å²) in [6, 6.07) is 5.83. The van der Waals surface area contributed by atoms with Gasteiger partial charge in [-0.05, 0) is 78.7 Å². The van der Waals surface area contributed by atoms with E-state index in [-0.39, 0.29) is 6.10 Å². The predicted octanol–water partition coefficient (Wildman–Crippen LogP) is 3.66. The van der Waals surface area contributed by atoms with Crippen molar-refractivity contribution in [2.75, 3.05) is 0 Å². The molecule has 0 amide bonds. The number of hydrogen-bond acceptors (Lipinski definition) is 2. The number of aryl methyl sites for hydroxylation is 1. The Morgan fingerprint density at radius 2 is 2.05 bits per heavy atom. The van der Waals surface area contributed by atoms with Crippen molar-refractivity contribution < 1.29 is 10.2 Å². The number of fused-ring (bicyclic) bond motifs is 4. The number of aliphatic hydroxyl groups is 1. The van der Waals surface area contributed by atoms with Crippen molar-refractivity contribution in [2.45, 2.75) is 51.6 Å². The number of phenols is 1. The third-order valence-corrected chi connectivity index (χ3v) is 5.88. The summed E-state index contributed by atoms with van der Waals surface area (Å²) in [7, 11) is 0. The first kappa shape index (κ1) is 12.5. The minimum absolute atomic E-state index is 0.113. The van der Waals surface area contributed by atoms with Crippen molar-refractivity contribution in [3.8, 4) is 5.75 Å². The van der Waals surface area contributed by atoms with Crippen LogP contribution in [0.2, 0.25) is 0 Å². The minimum atomic E-state index is -0.113. The lowest BCUT2D eigenvalue weighted by molar-refractivity contribution is 0.159. The second-order valence-electron chi connectivity index (χ2n) is 7.15. The van der Waals surface area contributed by atoms with Crippen LogP contribution in [-0.2, 0) is 6.42 Å². The zero-order valence-electron chi connectivity index (χ0n) is 12.0. The van der Waals surface area contributed by atoms with Crippen molar-refractivity contribution in [2.24, 2.45) is 11.3 Å². The van der Waals surface area contributed by atoms with Gasteiger partial charge in [0.05, 0.1) is 6.10 Å². The van der Waals surface area contributed by atoms with Gasteiger partial charge >= 0.3 is 0 Å². The van der Waals surface area contributed by atoms with E-state index in [1.165, 1.54) is 23.1 Å². The van der Waals surface area contributed by atoms with Gasteiger partial charge in [-0.15, -0.1) is 0 Å². The van der Waals surface area contributed by atoms with Crippen molar-refractivity contribution in [3.05, 3.63) is 34.9 Å². The lowest BCUT2D eigenvalue weighted by atomic mass is 9.63. The molecule has 3 aliphatic rings. The average molecular weight is 270 g/mol. The zero-order valence-corrected chi connectivity index (χ0v) is 12.0. The molecule has 1 fully saturated rings. The van der Waals surface area contributed by atoms with Gasteiger partial charge in [0.1, 0.15) is 5.75 Å². The van der Waals surface area contributed by atoms with Gasteiger partial charge in [0.25, 0.3) is 0 Å². The molecular weight excluding hydrogens is 248 g/mol. The highest BCUT2D eigenvalue weighted by Crippen LogP contribution is 2.58. The van der Waals surface area contributed by atoms with Gasteiger partial charge in [-0.25, -0.2) is 0 Å². The predicted molar refractivity (Wildman–Crippen MR) is 79.4 cm³/mol. The van der Waals surface area contributed by atoms with Gasteiger partial charge in [-0.3, -0.25) is 0 Å². The van der Waals surface area contributed by atoms with Gasteiger partial charge in [-0.2, -0.15) is 0 Å². The SMILES string of the molecule is C[C@]12CCC3=C(CCc4cc(O)ccc43)[C@@H]1C[C@H](O)C2. The molecule has 106 valence electrons. The van der Waals surface area contributed by atoms with Crippen LogP contribution in [0.3, 0.4) is 0 Å². The second-order valence-corrected chi connectivity index (χ2v) is 7.15. The summed E-state index contributed by atoms with van der Waals surface area (Å²) in [6.45, 7) is 2.37. The molecule has 0 saturated heterocycles. The first-order valence-electron chi connectivity index (χ1n) is 7.79. The summed E-state index contributed by atoms with van der Waals surface area (Å²) >= 11 is 0. The van der Waals surface area contributed by atoms with E-state index in [4.69, 9.17) is 0 Å². The maximum Gasteiger partial charge on any atom is 0.115 e. The molecule has 0 aromatic heterocycles. The Morgan fingerprint density at radius 3 is 2.90 bits per heavy atom. The number of aromatic hydroxyl groups is 1. The summed E-state index contributed by atoms with van der Waals surface area (Å²) in [4.78, 5) is 0. The molecule has 1 aromatic rings. The summed E-state index contributed by atoms with van der Waals surface area (Å²) in [6.07, 6.45) is 6.27. The van der Waals surface area contributed by atoms with Crippen LogP contribution < -0.4 is 0 Å². The summed E-state index contributed by atoms with van der Waals surface area (Å²) in [5, 5.41) is 19.8. The molecular formula is C18H22O2. The maximum atomic E-state index is 10.1. The number of phenolic OH excluding ortho intramolecular Hbond substituents is 1. The van der Waals surface area contributed by atoms with Gasteiger partial charge < -0.3 is 10.2 Å².